The first-order chi connectivity index (χ1) is 8.00. The Morgan fingerprint density at radius 2 is 2.29 bits per heavy atom. The van der Waals surface area contributed by atoms with Crippen molar-refractivity contribution in [3.05, 3.63) is 34.5 Å². The van der Waals surface area contributed by atoms with Crippen LogP contribution in [0.1, 0.15) is 6.30 Å². The van der Waals surface area contributed by atoms with Crippen LogP contribution in [0, 0.1) is 10.1 Å². The molecule has 2 aromatic rings. The summed E-state index contributed by atoms with van der Waals surface area (Å²) in [6.45, 7) is 0. The highest BCUT2D eigenvalue weighted by Gasteiger charge is 2.22. The van der Waals surface area contributed by atoms with Crippen molar-refractivity contribution in [1.82, 2.24) is 9.78 Å². The standard InChI is InChI=1S/C9H6FN3O4/c10-8(9(14)15)12-7-3-6(13(16)17)2-1-5(7)4-11-12/h1-4,8H,(H,14,15). The molecule has 0 saturated heterocycles. The predicted molar refractivity (Wildman–Crippen MR) is 54.2 cm³/mol. The van der Waals surface area contributed by atoms with Gasteiger partial charge in [-0.1, -0.05) is 0 Å². The molecule has 7 nitrogen and oxygen atoms in total. The quantitative estimate of drug-likeness (QED) is 0.646. The maximum Gasteiger partial charge on any atom is 0.361 e. The van der Waals surface area contributed by atoms with Gasteiger partial charge in [-0.3, -0.25) is 10.1 Å². The Kier molecular flexibility index (Phi) is 2.47. The van der Waals surface area contributed by atoms with E-state index in [1.165, 1.54) is 18.3 Å². The molecule has 0 aliphatic carbocycles. The van der Waals surface area contributed by atoms with Gasteiger partial charge in [0.15, 0.2) is 0 Å². The summed E-state index contributed by atoms with van der Waals surface area (Å²) in [6.07, 6.45) is -1.12. The number of carboxylic acids is 1. The van der Waals surface area contributed by atoms with Crippen molar-refractivity contribution < 1.29 is 19.2 Å². The van der Waals surface area contributed by atoms with Gasteiger partial charge in [0.25, 0.3) is 12.0 Å². The zero-order valence-corrected chi connectivity index (χ0v) is 8.28. The summed E-state index contributed by atoms with van der Waals surface area (Å²) in [6, 6.07) is 3.70. The van der Waals surface area contributed by atoms with E-state index in [1.54, 1.807) is 0 Å². The van der Waals surface area contributed by atoms with Crippen molar-refractivity contribution in [2.24, 2.45) is 0 Å². The third kappa shape index (κ3) is 1.80. The van der Waals surface area contributed by atoms with Gasteiger partial charge in [-0.05, 0) is 6.07 Å². The van der Waals surface area contributed by atoms with Gasteiger partial charge in [0.2, 0.25) is 0 Å². The molecule has 0 aliphatic heterocycles. The molecular weight excluding hydrogens is 233 g/mol. The Bertz CT molecular complexity index is 609. The van der Waals surface area contributed by atoms with Crippen LogP contribution in [0.4, 0.5) is 10.1 Å². The minimum absolute atomic E-state index is 0.0640. The maximum absolute atomic E-state index is 13.3. The van der Waals surface area contributed by atoms with Gasteiger partial charge in [-0.2, -0.15) is 5.10 Å². The van der Waals surface area contributed by atoms with E-state index < -0.39 is 17.2 Å². The summed E-state index contributed by atoms with van der Waals surface area (Å²) in [5.41, 5.74) is -0.189. The topological polar surface area (TPSA) is 98.3 Å². The number of hydrogen-bond donors (Lipinski definition) is 1. The van der Waals surface area contributed by atoms with Gasteiger partial charge in [0.1, 0.15) is 0 Å². The van der Waals surface area contributed by atoms with Gasteiger partial charge in [-0.15, -0.1) is 0 Å². The van der Waals surface area contributed by atoms with E-state index in [0.717, 1.165) is 6.07 Å². The number of nitrogens with zero attached hydrogens (tertiary/aromatic N) is 3. The summed E-state index contributed by atoms with van der Waals surface area (Å²) in [5.74, 6) is -1.71. The van der Waals surface area contributed by atoms with Crippen LogP contribution in [0.2, 0.25) is 0 Å². The van der Waals surface area contributed by atoms with Crippen molar-refractivity contribution in [3.8, 4) is 0 Å². The van der Waals surface area contributed by atoms with E-state index in [1.807, 2.05) is 0 Å². The fraction of sp³-hybridized carbons (Fsp3) is 0.111. The molecule has 0 aliphatic rings. The molecular formula is C9H6FN3O4. The van der Waals surface area contributed by atoms with E-state index in [4.69, 9.17) is 5.11 Å². The Morgan fingerprint density at radius 1 is 1.59 bits per heavy atom. The average Bonchev–Trinajstić information content (AvgIpc) is 2.70. The average molecular weight is 239 g/mol. The van der Waals surface area contributed by atoms with Crippen molar-refractivity contribution in [1.29, 1.82) is 0 Å². The van der Waals surface area contributed by atoms with E-state index in [9.17, 15) is 19.3 Å². The molecule has 1 heterocycles. The van der Waals surface area contributed by atoms with Crippen LogP contribution in [0.3, 0.4) is 0 Å². The first-order valence-corrected chi connectivity index (χ1v) is 4.49. The van der Waals surface area contributed by atoms with Crippen LogP contribution in [0.25, 0.3) is 10.9 Å². The number of non-ortho nitro benzene ring substituents is 1. The highest BCUT2D eigenvalue weighted by molar-refractivity contribution is 5.83. The van der Waals surface area contributed by atoms with E-state index in [2.05, 4.69) is 5.10 Å². The Hall–Kier alpha value is -2.51. The van der Waals surface area contributed by atoms with Gasteiger partial charge >= 0.3 is 5.97 Å². The lowest BCUT2D eigenvalue weighted by atomic mass is 10.2. The molecule has 1 atom stereocenters. The third-order valence-corrected chi connectivity index (χ3v) is 2.21. The van der Waals surface area contributed by atoms with Crippen molar-refractivity contribution in [2.45, 2.75) is 6.30 Å². The van der Waals surface area contributed by atoms with Crippen LogP contribution in [0.15, 0.2) is 24.4 Å². The normalized spacial score (nSPS) is 12.5. The SMILES string of the molecule is O=C(O)C(F)n1ncc2ccc([N+](=O)[O-])cc21. The molecule has 1 N–H and O–H groups in total. The molecule has 2 rings (SSSR count). The van der Waals surface area contributed by atoms with E-state index >= 15 is 0 Å². The molecule has 0 spiro atoms. The van der Waals surface area contributed by atoms with Gasteiger partial charge < -0.3 is 5.11 Å². The highest BCUT2D eigenvalue weighted by Crippen LogP contribution is 2.23. The van der Waals surface area contributed by atoms with Crippen LogP contribution in [-0.2, 0) is 4.79 Å². The smallest absolute Gasteiger partial charge is 0.361 e. The molecule has 0 saturated carbocycles. The van der Waals surface area contributed by atoms with Crippen LogP contribution < -0.4 is 0 Å². The number of alkyl halides is 1. The van der Waals surface area contributed by atoms with E-state index in [-0.39, 0.29) is 11.2 Å². The second kappa shape index (κ2) is 3.81. The number of carboxylic acid groups (broad SMARTS) is 1. The molecule has 0 amide bonds. The summed E-state index contributed by atoms with van der Waals surface area (Å²) in [4.78, 5) is 20.4. The van der Waals surface area contributed by atoms with Gasteiger partial charge in [-0.25, -0.2) is 13.9 Å². The van der Waals surface area contributed by atoms with Gasteiger partial charge in [0, 0.05) is 17.5 Å². The molecule has 1 unspecified atom stereocenters. The number of nitro benzene ring substituents is 1. The maximum atomic E-state index is 13.3. The fourth-order valence-corrected chi connectivity index (χ4v) is 1.43. The number of nitro groups is 1. The molecule has 17 heavy (non-hydrogen) atoms. The molecule has 8 heteroatoms. The zero-order valence-electron chi connectivity index (χ0n) is 8.28. The lowest BCUT2D eigenvalue weighted by molar-refractivity contribution is -0.384. The number of fused-ring (bicyclic) bond motifs is 1. The Morgan fingerprint density at radius 3 is 2.88 bits per heavy atom. The molecule has 1 aromatic heterocycles. The fourth-order valence-electron chi connectivity index (χ4n) is 1.43. The monoisotopic (exact) mass is 239 g/mol. The number of halogens is 1. The lowest BCUT2D eigenvalue weighted by Gasteiger charge is -2.04. The summed E-state index contributed by atoms with van der Waals surface area (Å²) < 4.78 is 13.9. The Labute approximate surface area is 93.2 Å². The van der Waals surface area contributed by atoms with Crippen molar-refractivity contribution >= 4 is 22.6 Å². The molecule has 0 fully saturated rings. The summed E-state index contributed by atoms with van der Waals surface area (Å²) in [5, 5.41) is 23.1. The number of hydrogen-bond acceptors (Lipinski definition) is 4. The van der Waals surface area contributed by atoms with Crippen molar-refractivity contribution in [3.63, 3.8) is 0 Å². The number of benzene rings is 1. The van der Waals surface area contributed by atoms with Gasteiger partial charge in [0.05, 0.1) is 16.6 Å². The van der Waals surface area contributed by atoms with Crippen LogP contribution in [-0.4, -0.2) is 25.8 Å². The third-order valence-electron chi connectivity index (χ3n) is 2.21. The summed E-state index contributed by atoms with van der Waals surface area (Å²) in [7, 11) is 0. The molecule has 0 radical (unpaired) electrons. The number of aromatic nitrogens is 2. The zero-order chi connectivity index (χ0) is 12.6. The first-order valence-electron chi connectivity index (χ1n) is 4.49. The number of carbonyl (C=O) groups is 1. The first kappa shape index (κ1) is 11.0. The largest absolute Gasteiger partial charge is 0.478 e. The van der Waals surface area contributed by atoms with Crippen LogP contribution in [0.5, 0.6) is 0 Å². The second-order valence-electron chi connectivity index (χ2n) is 3.26. The number of aliphatic carboxylic acids is 1. The molecule has 88 valence electrons. The number of rotatable bonds is 3. The predicted octanol–water partition coefficient (Wildman–Crippen LogP) is 1.50. The lowest BCUT2D eigenvalue weighted by Crippen LogP contribution is -2.15. The Balaban J connectivity index is 2.61. The van der Waals surface area contributed by atoms with E-state index in [0.29, 0.717) is 10.1 Å². The van der Waals surface area contributed by atoms with Crippen molar-refractivity contribution in [2.75, 3.05) is 0 Å². The molecule has 0 bridgehead atoms. The van der Waals surface area contributed by atoms with Crippen LogP contribution >= 0.6 is 0 Å². The minimum atomic E-state index is -2.37. The minimum Gasteiger partial charge on any atom is -0.478 e. The summed E-state index contributed by atoms with van der Waals surface area (Å²) >= 11 is 0. The second-order valence-corrected chi connectivity index (χ2v) is 3.26. The highest BCUT2D eigenvalue weighted by atomic mass is 19.1. The molecule has 1 aromatic carbocycles.